The van der Waals surface area contributed by atoms with Crippen molar-refractivity contribution in [2.75, 3.05) is 11.9 Å². The summed E-state index contributed by atoms with van der Waals surface area (Å²) in [5.41, 5.74) is 4.11. The second-order valence-corrected chi connectivity index (χ2v) is 8.26. The Morgan fingerprint density at radius 2 is 1.77 bits per heavy atom. The third-order valence-corrected chi connectivity index (χ3v) is 5.78. The Kier molecular flexibility index (Phi) is 6.10. The molecule has 0 aliphatic rings. The topological polar surface area (TPSA) is 64.4 Å². The van der Waals surface area contributed by atoms with Crippen LogP contribution >= 0.6 is 34.8 Å². The molecule has 0 bridgehead atoms. The number of nitrogens with one attached hydrogen (secondary N) is 1. The van der Waals surface area contributed by atoms with Crippen LogP contribution in [0.25, 0.3) is 22.6 Å². The molecule has 0 radical (unpaired) electrons. The van der Waals surface area contributed by atoms with Crippen LogP contribution in [0.3, 0.4) is 0 Å². The van der Waals surface area contributed by atoms with Crippen LogP contribution in [-0.4, -0.2) is 17.5 Å². The van der Waals surface area contributed by atoms with Crippen LogP contribution in [0.15, 0.2) is 52.9 Å². The normalized spacial score (nSPS) is 11.0. The maximum atomic E-state index is 12.4. The van der Waals surface area contributed by atoms with Gasteiger partial charge in [0.25, 0.3) is 5.91 Å². The molecular weight excluding hydrogens is 459 g/mol. The van der Waals surface area contributed by atoms with Crippen molar-refractivity contribution in [2.24, 2.45) is 0 Å². The number of halogens is 3. The Bertz CT molecular complexity index is 1280. The van der Waals surface area contributed by atoms with Gasteiger partial charge in [0.1, 0.15) is 11.3 Å². The number of carbonyl (C=O) groups excluding carboxylic acids is 1. The minimum Gasteiger partial charge on any atom is -0.484 e. The van der Waals surface area contributed by atoms with E-state index in [2.05, 4.69) is 10.3 Å². The number of fused-ring (bicyclic) bond motifs is 1. The predicted molar refractivity (Wildman–Crippen MR) is 125 cm³/mol. The number of anilines is 1. The van der Waals surface area contributed by atoms with Crippen LogP contribution < -0.4 is 10.1 Å². The summed E-state index contributed by atoms with van der Waals surface area (Å²) in [6.07, 6.45) is 0. The predicted octanol–water partition coefficient (Wildman–Crippen LogP) is 7.09. The number of aryl methyl sites for hydroxylation is 2. The molecule has 1 N–H and O–H groups in total. The van der Waals surface area contributed by atoms with Gasteiger partial charge in [-0.05, 0) is 73.5 Å². The van der Waals surface area contributed by atoms with E-state index in [-0.39, 0.29) is 12.5 Å². The summed E-state index contributed by atoms with van der Waals surface area (Å²) in [6.45, 7) is 3.59. The zero-order chi connectivity index (χ0) is 22.1. The molecule has 0 saturated heterocycles. The fourth-order valence-corrected chi connectivity index (χ4v) is 3.54. The summed E-state index contributed by atoms with van der Waals surface area (Å²) >= 11 is 18.4. The highest BCUT2D eigenvalue weighted by Gasteiger charge is 2.13. The van der Waals surface area contributed by atoms with Gasteiger partial charge in [-0.25, -0.2) is 4.98 Å². The monoisotopic (exact) mass is 474 g/mol. The molecule has 3 aromatic carbocycles. The van der Waals surface area contributed by atoms with E-state index in [0.717, 1.165) is 11.1 Å². The minimum atomic E-state index is -0.353. The van der Waals surface area contributed by atoms with Gasteiger partial charge in [0, 0.05) is 15.6 Å². The molecule has 31 heavy (non-hydrogen) atoms. The Balaban J connectivity index is 1.49. The van der Waals surface area contributed by atoms with Crippen molar-refractivity contribution in [2.45, 2.75) is 13.8 Å². The van der Waals surface area contributed by atoms with Gasteiger partial charge in [-0.15, -0.1) is 0 Å². The van der Waals surface area contributed by atoms with E-state index < -0.39 is 0 Å². The number of aromatic nitrogens is 1. The summed E-state index contributed by atoms with van der Waals surface area (Å²) in [5, 5.41) is 4.40. The molecular formula is C23H17Cl3N2O3. The number of rotatable bonds is 5. The van der Waals surface area contributed by atoms with Gasteiger partial charge in [-0.1, -0.05) is 34.8 Å². The first-order valence-electron chi connectivity index (χ1n) is 9.35. The zero-order valence-corrected chi connectivity index (χ0v) is 18.9. The van der Waals surface area contributed by atoms with Crippen LogP contribution in [0.1, 0.15) is 11.1 Å². The molecule has 4 rings (SSSR count). The quantitative estimate of drug-likeness (QED) is 0.335. The number of amides is 1. The maximum Gasteiger partial charge on any atom is 0.262 e. The van der Waals surface area contributed by atoms with E-state index in [1.54, 1.807) is 48.5 Å². The molecule has 0 fully saturated rings. The van der Waals surface area contributed by atoms with Crippen molar-refractivity contribution in [3.05, 3.63) is 74.7 Å². The highest BCUT2D eigenvalue weighted by molar-refractivity contribution is 6.34. The molecule has 0 saturated carbocycles. The average Bonchev–Trinajstić information content (AvgIpc) is 3.15. The third kappa shape index (κ3) is 4.79. The van der Waals surface area contributed by atoms with Crippen molar-refractivity contribution < 1.29 is 13.9 Å². The average molecular weight is 476 g/mol. The van der Waals surface area contributed by atoms with E-state index in [0.29, 0.717) is 49.1 Å². The molecule has 0 spiro atoms. The standard InChI is InChI=1S/C23H17Cl3N2O3/c1-12-7-16(8-13(2)22(12)26)30-11-21(29)27-18-9-14(3-5-17(18)25)23-28-19-10-15(24)4-6-20(19)31-23/h3-10H,11H2,1-2H3,(H,27,29). The molecule has 1 heterocycles. The number of nitrogens with zero attached hydrogens (tertiary/aromatic N) is 1. The van der Waals surface area contributed by atoms with E-state index >= 15 is 0 Å². The molecule has 0 unspecified atom stereocenters. The van der Waals surface area contributed by atoms with Crippen LogP contribution in [0, 0.1) is 13.8 Å². The largest absolute Gasteiger partial charge is 0.484 e. The summed E-state index contributed by atoms with van der Waals surface area (Å²) in [7, 11) is 0. The number of carbonyl (C=O) groups is 1. The summed E-state index contributed by atoms with van der Waals surface area (Å²) in [5.74, 6) is 0.612. The lowest BCUT2D eigenvalue weighted by atomic mass is 10.1. The van der Waals surface area contributed by atoms with Crippen LogP contribution in [-0.2, 0) is 4.79 Å². The maximum absolute atomic E-state index is 12.4. The van der Waals surface area contributed by atoms with Crippen molar-refractivity contribution >= 4 is 57.5 Å². The van der Waals surface area contributed by atoms with Crippen molar-refractivity contribution in [3.8, 4) is 17.2 Å². The first-order valence-corrected chi connectivity index (χ1v) is 10.5. The molecule has 5 nitrogen and oxygen atoms in total. The highest BCUT2D eigenvalue weighted by atomic mass is 35.5. The van der Waals surface area contributed by atoms with E-state index in [9.17, 15) is 4.79 Å². The summed E-state index contributed by atoms with van der Waals surface area (Å²) in [4.78, 5) is 16.9. The van der Waals surface area contributed by atoms with Gasteiger partial charge in [0.2, 0.25) is 5.89 Å². The first-order chi connectivity index (χ1) is 14.8. The van der Waals surface area contributed by atoms with Crippen LogP contribution in [0.5, 0.6) is 5.75 Å². The van der Waals surface area contributed by atoms with Crippen LogP contribution in [0.4, 0.5) is 5.69 Å². The Hall–Kier alpha value is -2.73. The lowest BCUT2D eigenvalue weighted by molar-refractivity contribution is -0.118. The third-order valence-electron chi connectivity index (χ3n) is 4.62. The number of ether oxygens (including phenoxy) is 1. The lowest BCUT2D eigenvalue weighted by Crippen LogP contribution is -2.20. The SMILES string of the molecule is Cc1cc(OCC(=O)Nc2cc(-c3nc4cc(Cl)ccc4o3)ccc2Cl)cc(C)c1Cl. The lowest BCUT2D eigenvalue weighted by Gasteiger charge is -2.11. The van der Waals surface area contributed by atoms with Crippen LogP contribution in [0.2, 0.25) is 15.1 Å². The number of benzene rings is 3. The number of hydrogen-bond acceptors (Lipinski definition) is 4. The Morgan fingerprint density at radius 3 is 2.52 bits per heavy atom. The molecule has 4 aromatic rings. The molecule has 0 aliphatic heterocycles. The van der Waals surface area contributed by atoms with Gasteiger partial charge >= 0.3 is 0 Å². The van der Waals surface area contributed by atoms with Gasteiger partial charge in [0.05, 0.1) is 10.7 Å². The highest BCUT2D eigenvalue weighted by Crippen LogP contribution is 2.31. The molecule has 0 aliphatic carbocycles. The van der Waals surface area contributed by atoms with Crippen molar-refractivity contribution in [1.82, 2.24) is 4.98 Å². The smallest absolute Gasteiger partial charge is 0.262 e. The molecule has 1 amide bonds. The van der Waals surface area contributed by atoms with Gasteiger partial charge in [-0.3, -0.25) is 4.79 Å². The molecule has 158 valence electrons. The second-order valence-electron chi connectivity index (χ2n) is 7.03. The fraction of sp³-hybridized carbons (Fsp3) is 0.130. The number of oxazole rings is 1. The first kappa shape index (κ1) is 21.5. The summed E-state index contributed by atoms with van der Waals surface area (Å²) in [6, 6.07) is 13.9. The Morgan fingerprint density at radius 1 is 1.03 bits per heavy atom. The van der Waals surface area contributed by atoms with E-state index in [4.69, 9.17) is 44.0 Å². The van der Waals surface area contributed by atoms with Gasteiger partial charge in [0.15, 0.2) is 12.2 Å². The Labute approximate surface area is 193 Å². The van der Waals surface area contributed by atoms with Crippen molar-refractivity contribution in [1.29, 1.82) is 0 Å². The van der Waals surface area contributed by atoms with Gasteiger partial charge < -0.3 is 14.5 Å². The zero-order valence-electron chi connectivity index (χ0n) is 16.6. The van der Waals surface area contributed by atoms with Gasteiger partial charge in [-0.2, -0.15) is 0 Å². The minimum absolute atomic E-state index is 0.178. The van der Waals surface area contributed by atoms with Crippen molar-refractivity contribution in [3.63, 3.8) is 0 Å². The molecule has 1 aromatic heterocycles. The van der Waals surface area contributed by atoms with E-state index in [1.165, 1.54) is 0 Å². The number of hydrogen-bond donors (Lipinski definition) is 1. The fourth-order valence-electron chi connectivity index (χ4n) is 3.10. The molecule has 0 atom stereocenters. The second kappa shape index (κ2) is 8.79. The summed E-state index contributed by atoms with van der Waals surface area (Å²) < 4.78 is 11.4. The molecule has 8 heteroatoms. The van der Waals surface area contributed by atoms with E-state index in [1.807, 2.05) is 13.8 Å².